The van der Waals surface area contributed by atoms with Crippen LogP contribution in [0.2, 0.25) is 0 Å². The van der Waals surface area contributed by atoms with E-state index in [9.17, 15) is 9.59 Å². The van der Waals surface area contributed by atoms with Gasteiger partial charge >= 0.3 is 6.03 Å². The van der Waals surface area contributed by atoms with Crippen LogP contribution in [0.15, 0.2) is 15.9 Å². The first-order valence-electron chi connectivity index (χ1n) is 7.58. The van der Waals surface area contributed by atoms with Crippen LogP contribution in [0, 0.1) is 5.92 Å². The molecule has 0 aromatic carbocycles. The fraction of sp³-hybridized carbons (Fsp3) is 0.600. The van der Waals surface area contributed by atoms with Gasteiger partial charge in [-0.3, -0.25) is 4.79 Å². The number of hydrogen-bond acceptors (Lipinski definition) is 3. The topological polar surface area (TPSA) is 70.2 Å². The molecule has 0 unspecified atom stereocenters. The number of amides is 3. The number of carbonyl (C=O) groups excluding carboxylic acids is 2. The molecule has 0 aliphatic heterocycles. The monoisotopic (exact) mass is 387 g/mol. The molecular formula is C15H22BrN3O2S. The first kappa shape index (κ1) is 17.3. The number of thiophene rings is 1. The lowest BCUT2D eigenvalue weighted by atomic mass is 9.85. The minimum absolute atomic E-state index is 0.100. The lowest BCUT2D eigenvalue weighted by Gasteiger charge is -2.28. The van der Waals surface area contributed by atoms with Gasteiger partial charge in [-0.15, -0.1) is 11.3 Å². The van der Waals surface area contributed by atoms with Crippen molar-refractivity contribution in [1.82, 2.24) is 16.0 Å². The standard InChI is InChI=1S/C15H22BrN3O2S/c1-17-14(20)10-2-4-11(5-3-10)19-15(21)18-9-8-12-6-7-13(16)22-12/h6-7,10-11H,2-5,8-9H2,1H3,(H,17,20)(H2,18,19,21). The van der Waals surface area contributed by atoms with Crippen LogP contribution in [0.4, 0.5) is 4.79 Å². The van der Waals surface area contributed by atoms with Crippen LogP contribution < -0.4 is 16.0 Å². The summed E-state index contributed by atoms with van der Waals surface area (Å²) in [7, 11) is 1.67. The van der Waals surface area contributed by atoms with E-state index < -0.39 is 0 Å². The minimum atomic E-state index is -0.112. The van der Waals surface area contributed by atoms with Crippen LogP contribution in [0.25, 0.3) is 0 Å². The summed E-state index contributed by atoms with van der Waals surface area (Å²) in [6.07, 6.45) is 4.25. The molecule has 1 fully saturated rings. The molecule has 0 saturated heterocycles. The molecule has 1 aromatic rings. The van der Waals surface area contributed by atoms with Gasteiger partial charge in [-0.2, -0.15) is 0 Å². The van der Waals surface area contributed by atoms with Gasteiger partial charge < -0.3 is 16.0 Å². The highest BCUT2D eigenvalue weighted by atomic mass is 79.9. The normalized spacial score (nSPS) is 21.2. The van der Waals surface area contributed by atoms with E-state index in [4.69, 9.17) is 0 Å². The van der Waals surface area contributed by atoms with Crippen LogP contribution in [0.3, 0.4) is 0 Å². The molecule has 1 heterocycles. The summed E-state index contributed by atoms with van der Waals surface area (Å²) in [6, 6.07) is 4.15. The zero-order valence-electron chi connectivity index (χ0n) is 12.7. The van der Waals surface area contributed by atoms with Crippen molar-refractivity contribution >= 4 is 39.2 Å². The van der Waals surface area contributed by atoms with Crippen molar-refractivity contribution in [2.24, 2.45) is 5.92 Å². The highest BCUT2D eigenvalue weighted by Crippen LogP contribution is 2.24. The Bertz CT molecular complexity index is 513. The van der Waals surface area contributed by atoms with Crippen molar-refractivity contribution < 1.29 is 9.59 Å². The summed E-state index contributed by atoms with van der Waals surface area (Å²) >= 11 is 5.12. The molecule has 7 heteroatoms. The molecule has 122 valence electrons. The molecule has 0 radical (unpaired) electrons. The van der Waals surface area contributed by atoms with E-state index in [1.807, 2.05) is 6.07 Å². The molecule has 5 nitrogen and oxygen atoms in total. The third kappa shape index (κ3) is 5.28. The summed E-state index contributed by atoms with van der Waals surface area (Å²) in [5.74, 6) is 0.216. The number of nitrogens with one attached hydrogen (secondary N) is 3. The molecular weight excluding hydrogens is 366 g/mol. The highest BCUT2D eigenvalue weighted by Gasteiger charge is 2.26. The zero-order valence-corrected chi connectivity index (χ0v) is 15.1. The lowest BCUT2D eigenvalue weighted by molar-refractivity contribution is -0.125. The number of halogens is 1. The fourth-order valence-electron chi connectivity index (χ4n) is 2.73. The summed E-state index contributed by atoms with van der Waals surface area (Å²) in [4.78, 5) is 24.7. The minimum Gasteiger partial charge on any atom is -0.359 e. The van der Waals surface area contributed by atoms with Crippen molar-refractivity contribution in [2.75, 3.05) is 13.6 Å². The number of rotatable bonds is 5. The van der Waals surface area contributed by atoms with E-state index in [0.717, 1.165) is 35.9 Å². The maximum absolute atomic E-state index is 11.9. The summed E-state index contributed by atoms with van der Waals surface area (Å²) in [5.41, 5.74) is 0. The van der Waals surface area contributed by atoms with Crippen LogP contribution in [-0.2, 0) is 11.2 Å². The van der Waals surface area contributed by atoms with Gasteiger partial charge in [0.2, 0.25) is 5.91 Å². The third-order valence-corrected chi connectivity index (χ3v) is 5.65. The van der Waals surface area contributed by atoms with Crippen molar-refractivity contribution in [3.63, 3.8) is 0 Å². The molecule has 0 spiro atoms. The molecule has 1 saturated carbocycles. The van der Waals surface area contributed by atoms with Crippen molar-refractivity contribution in [3.05, 3.63) is 20.8 Å². The second-order valence-electron chi connectivity index (χ2n) is 5.52. The Morgan fingerprint density at radius 3 is 2.59 bits per heavy atom. The molecule has 1 aromatic heterocycles. The van der Waals surface area contributed by atoms with Crippen molar-refractivity contribution in [1.29, 1.82) is 0 Å². The van der Waals surface area contributed by atoms with Crippen molar-refractivity contribution in [2.45, 2.75) is 38.1 Å². The summed E-state index contributed by atoms with van der Waals surface area (Å²) in [5, 5.41) is 8.59. The van der Waals surface area contributed by atoms with Crippen LogP contribution in [0.1, 0.15) is 30.6 Å². The molecule has 1 aliphatic rings. The molecule has 3 N–H and O–H groups in total. The fourth-order valence-corrected chi connectivity index (χ4v) is 4.21. The Balaban J connectivity index is 1.62. The van der Waals surface area contributed by atoms with E-state index >= 15 is 0 Å². The molecule has 2 rings (SSSR count). The summed E-state index contributed by atoms with van der Waals surface area (Å²) in [6.45, 7) is 0.631. The average Bonchev–Trinajstić information content (AvgIpc) is 2.92. The van der Waals surface area contributed by atoms with Gasteiger partial charge in [0.1, 0.15) is 0 Å². The third-order valence-electron chi connectivity index (χ3n) is 3.97. The van der Waals surface area contributed by atoms with Gasteiger partial charge in [0.05, 0.1) is 3.79 Å². The SMILES string of the molecule is CNC(=O)C1CCC(NC(=O)NCCc2ccc(Br)s2)CC1. The Hall–Kier alpha value is -1.08. The van der Waals surface area contributed by atoms with E-state index in [1.165, 1.54) is 4.88 Å². The zero-order chi connectivity index (χ0) is 15.9. The molecule has 22 heavy (non-hydrogen) atoms. The van der Waals surface area contributed by atoms with Gasteiger partial charge in [0, 0.05) is 30.4 Å². The second kappa shape index (κ2) is 8.53. The number of carbonyl (C=O) groups is 2. The Labute approximate surface area is 143 Å². The Morgan fingerprint density at radius 2 is 2.00 bits per heavy atom. The summed E-state index contributed by atoms with van der Waals surface area (Å²) < 4.78 is 1.11. The van der Waals surface area contributed by atoms with Crippen LogP contribution >= 0.6 is 27.3 Å². The number of urea groups is 1. The molecule has 1 aliphatic carbocycles. The predicted molar refractivity (Wildman–Crippen MR) is 92.1 cm³/mol. The Kier molecular flexibility index (Phi) is 6.70. The van der Waals surface area contributed by atoms with E-state index in [-0.39, 0.29) is 23.9 Å². The van der Waals surface area contributed by atoms with Crippen LogP contribution in [-0.4, -0.2) is 31.6 Å². The molecule has 0 atom stereocenters. The largest absolute Gasteiger partial charge is 0.359 e. The maximum atomic E-state index is 11.9. The van der Waals surface area contributed by atoms with Crippen molar-refractivity contribution in [3.8, 4) is 0 Å². The maximum Gasteiger partial charge on any atom is 0.315 e. The van der Waals surface area contributed by atoms with Gasteiger partial charge in [0.25, 0.3) is 0 Å². The van der Waals surface area contributed by atoms with E-state index in [2.05, 4.69) is 37.9 Å². The first-order valence-corrected chi connectivity index (χ1v) is 9.19. The Morgan fingerprint density at radius 1 is 1.27 bits per heavy atom. The molecule has 3 amide bonds. The number of hydrogen-bond donors (Lipinski definition) is 3. The van der Waals surface area contributed by atoms with Gasteiger partial charge in [-0.25, -0.2) is 4.79 Å². The quantitative estimate of drug-likeness (QED) is 0.726. The first-order chi connectivity index (χ1) is 10.6. The smallest absolute Gasteiger partial charge is 0.315 e. The highest BCUT2D eigenvalue weighted by molar-refractivity contribution is 9.11. The average molecular weight is 388 g/mol. The lowest BCUT2D eigenvalue weighted by Crippen LogP contribution is -2.45. The predicted octanol–water partition coefficient (Wildman–Crippen LogP) is 2.66. The van der Waals surface area contributed by atoms with Gasteiger partial charge in [0.15, 0.2) is 0 Å². The van der Waals surface area contributed by atoms with E-state index in [1.54, 1.807) is 18.4 Å². The van der Waals surface area contributed by atoms with Gasteiger partial charge in [-0.1, -0.05) is 0 Å². The van der Waals surface area contributed by atoms with Crippen LogP contribution in [0.5, 0.6) is 0 Å². The second-order valence-corrected chi connectivity index (χ2v) is 8.07. The van der Waals surface area contributed by atoms with E-state index in [0.29, 0.717) is 6.54 Å². The molecule has 0 bridgehead atoms. The van der Waals surface area contributed by atoms with Gasteiger partial charge in [-0.05, 0) is 60.2 Å².